The summed E-state index contributed by atoms with van der Waals surface area (Å²) in [4.78, 5) is 1.80. The van der Waals surface area contributed by atoms with E-state index in [1.54, 1.807) is 4.90 Å². The number of anilines is 1. The first kappa shape index (κ1) is 13.3. The van der Waals surface area contributed by atoms with Crippen molar-refractivity contribution in [3.8, 4) is 11.5 Å². The maximum absolute atomic E-state index is 11.8. The molecule has 3 aliphatic rings. The van der Waals surface area contributed by atoms with Crippen molar-refractivity contribution in [2.45, 2.75) is 11.3 Å². The Balaban J connectivity index is 1.70. The van der Waals surface area contributed by atoms with E-state index in [4.69, 9.17) is 14.9 Å². The molecule has 0 radical (unpaired) electrons. The fourth-order valence-corrected chi connectivity index (χ4v) is 6.78. The van der Waals surface area contributed by atoms with Crippen LogP contribution in [0.5, 0.6) is 11.5 Å². The SMILES string of the molecule is N=C1S[C@H]2CS(=O)(=O)C[C@H]2N1c1ccc2c(c1)OCCO2. The van der Waals surface area contributed by atoms with Gasteiger partial charge in [0.15, 0.2) is 26.5 Å². The number of benzene rings is 1. The number of nitrogens with zero attached hydrogens (tertiary/aromatic N) is 1. The second-order valence-corrected chi connectivity index (χ2v) is 8.69. The maximum atomic E-state index is 11.8. The van der Waals surface area contributed by atoms with E-state index in [-0.39, 0.29) is 22.8 Å². The van der Waals surface area contributed by atoms with Crippen molar-refractivity contribution in [3.05, 3.63) is 18.2 Å². The van der Waals surface area contributed by atoms with Gasteiger partial charge in [0.2, 0.25) is 0 Å². The number of rotatable bonds is 1. The number of hydrogen-bond acceptors (Lipinski definition) is 6. The van der Waals surface area contributed by atoms with Crippen LogP contribution in [0, 0.1) is 5.41 Å². The molecule has 1 aromatic carbocycles. The third-order valence-electron chi connectivity index (χ3n) is 3.89. The van der Waals surface area contributed by atoms with E-state index in [0.717, 1.165) is 5.69 Å². The Morgan fingerprint density at radius 2 is 1.95 bits per heavy atom. The molecule has 3 heterocycles. The van der Waals surface area contributed by atoms with Gasteiger partial charge < -0.3 is 14.4 Å². The summed E-state index contributed by atoms with van der Waals surface area (Å²) in [6.07, 6.45) is 0. The molecular weight excluding hydrogens is 312 g/mol. The summed E-state index contributed by atoms with van der Waals surface area (Å²) in [6.45, 7) is 1.04. The minimum atomic E-state index is -3.00. The summed E-state index contributed by atoms with van der Waals surface area (Å²) in [5.74, 6) is 1.62. The lowest BCUT2D eigenvalue weighted by Crippen LogP contribution is -2.37. The van der Waals surface area contributed by atoms with E-state index in [2.05, 4.69) is 0 Å². The molecule has 3 aliphatic heterocycles. The number of ether oxygens (including phenoxy) is 2. The number of fused-ring (bicyclic) bond motifs is 2. The van der Waals surface area contributed by atoms with E-state index in [9.17, 15) is 8.42 Å². The molecule has 8 heteroatoms. The minimum absolute atomic E-state index is 0.0456. The zero-order valence-electron chi connectivity index (χ0n) is 11.1. The Hall–Kier alpha value is -1.41. The van der Waals surface area contributed by atoms with Crippen molar-refractivity contribution in [2.24, 2.45) is 0 Å². The average molecular weight is 326 g/mol. The summed E-state index contributed by atoms with van der Waals surface area (Å²) in [5, 5.41) is 8.49. The number of hydrogen-bond donors (Lipinski definition) is 1. The van der Waals surface area contributed by atoms with Crippen molar-refractivity contribution < 1.29 is 17.9 Å². The lowest BCUT2D eigenvalue weighted by Gasteiger charge is -2.26. The van der Waals surface area contributed by atoms with Gasteiger partial charge in [-0.2, -0.15) is 0 Å². The molecule has 2 saturated heterocycles. The van der Waals surface area contributed by atoms with E-state index < -0.39 is 9.84 Å². The molecule has 0 unspecified atom stereocenters. The third-order valence-corrected chi connectivity index (χ3v) is 7.02. The Kier molecular flexibility index (Phi) is 2.87. The molecule has 4 rings (SSSR count). The average Bonchev–Trinajstić information content (AvgIpc) is 2.88. The number of sulfone groups is 1. The minimum Gasteiger partial charge on any atom is -0.486 e. The number of amidine groups is 1. The second kappa shape index (κ2) is 4.54. The molecule has 0 aromatic heterocycles. The fourth-order valence-electron chi connectivity index (χ4n) is 2.99. The lowest BCUT2D eigenvalue weighted by atomic mass is 10.2. The number of nitrogens with one attached hydrogen (secondary N) is 1. The van der Waals surface area contributed by atoms with Crippen LogP contribution >= 0.6 is 11.8 Å². The van der Waals surface area contributed by atoms with Crippen molar-refractivity contribution >= 4 is 32.5 Å². The van der Waals surface area contributed by atoms with E-state index in [0.29, 0.717) is 29.9 Å². The largest absolute Gasteiger partial charge is 0.486 e. The molecule has 1 aromatic rings. The molecule has 0 spiro atoms. The molecule has 6 nitrogen and oxygen atoms in total. The highest BCUT2D eigenvalue weighted by Crippen LogP contribution is 2.42. The summed E-state index contributed by atoms with van der Waals surface area (Å²) < 4.78 is 34.7. The summed E-state index contributed by atoms with van der Waals surface area (Å²) >= 11 is 1.34. The van der Waals surface area contributed by atoms with Crippen molar-refractivity contribution in [1.82, 2.24) is 0 Å². The van der Waals surface area contributed by atoms with Gasteiger partial charge in [-0.25, -0.2) is 8.42 Å². The van der Waals surface area contributed by atoms with Crippen LogP contribution in [0.3, 0.4) is 0 Å². The van der Waals surface area contributed by atoms with Gasteiger partial charge in [0.25, 0.3) is 0 Å². The summed E-state index contributed by atoms with van der Waals surface area (Å²) in [6, 6.07) is 5.35. The van der Waals surface area contributed by atoms with Gasteiger partial charge in [-0.05, 0) is 12.1 Å². The van der Waals surface area contributed by atoms with Crippen LogP contribution in [0.15, 0.2) is 18.2 Å². The van der Waals surface area contributed by atoms with Gasteiger partial charge in [-0.1, -0.05) is 11.8 Å². The highest BCUT2D eigenvalue weighted by Gasteiger charge is 2.48. The van der Waals surface area contributed by atoms with Gasteiger partial charge in [-0.3, -0.25) is 5.41 Å². The Labute approximate surface area is 126 Å². The highest BCUT2D eigenvalue weighted by molar-refractivity contribution is 8.15. The van der Waals surface area contributed by atoms with Crippen LogP contribution in [0.25, 0.3) is 0 Å². The molecule has 0 saturated carbocycles. The fraction of sp³-hybridized carbons (Fsp3) is 0.462. The van der Waals surface area contributed by atoms with Gasteiger partial charge >= 0.3 is 0 Å². The van der Waals surface area contributed by atoms with Crippen molar-refractivity contribution in [3.63, 3.8) is 0 Å². The topological polar surface area (TPSA) is 79.7 Å². The molecule has 21 heavy (non-hydrogen) atoms. The molecule has 2 atom stereocenters. The standard InChI is InChI=1S/C13H14N2O4S2/c14-13-15(9-6-21(16,17)7-12(9)20-13)8-1-2-10-11(5-8)19-4-3-18-10/h1-2,5,9,12,14H,3-4,6-7H2/t9-,12+/m1/s1. The normalized spacial score (nSPS) is 29.5. The molecule has 112 valence electrons. The van der Waals surface area contributed by atoms with Crippen molar-refractivity contribution in [1.29, 1.82) is 5.41 Å². The van der Waals surface area contributed by atoms with Gasteiger partial charge in [-0.15, -0.1) is 0 Å². The van der Waals surface area contributed by atoms with Crippen LogP contribution < -0.4 is 14.4 Å². The smallest absolute Gasteiger partial charge is 0.163 e. The predicted octanol–water partition coefficient (Wildman–Crippen LogP) is 1.11. The maximum Gasteiger partial charge on any atom is 0.163 e. The molecule has 2 fully saturated rings. The Bertz CT molecular complexity index is 719. The van der Waals surface area contributed by atoms with Crippen LogP contribution in [-0.4, -0.2) is 49.6 Å². The third kappa shape index (κ3) is 2.17. The monoisotopic (exact) mass is 326 g/mol. The summed E-state index contributed by atoms with van der Waals surface area (Å²) in [5.41, 5.74) is 0.793. The zero-order chi connectivity index (χ0) is 14.6. The molecular formula is C13H14N2O4S2. The van der Waals surface area contributed by atoms with Gasteiger partial charge in [0.05, 0.1) is 17.5 Å². The Morgan fingerprint density at radius 3 is 2.76 bits per heavy atom. The highest BCUT2D eigenvalue weighted by atomic mass is 32.2. The lowest BCUT2D eigenvalue weighted by molar-refractivity contribution is 0.171. The predicted molar refractivity (Wildman–Crippen MR) is 81.5 cm³/mol. The van der Waals surface area contributed by atoms with Crippen LogP contribution in [0.2, 0.25) is 0 Å². The van der Waals surface area contributed by atoms with Gasteiger partial charge in [0, 0.05) is 17.0 Å². The first-order valence-electron chi connectivity index (χ1n) is 6.68. The van der Waals surface area contributed by atoms with E-state index >= 15 is 0 Å². The molecule has 0 aliphatic carbocycles. The van der Waals surface area contributed by atoms with Crippen LogP contribution in [0.4, 0.5) is 5.69 Å². The van der Waals surface area contributed by atoms with E-state index in [1.807, 2.05) is 18.2 Å². The Morgan fingerprint density at radius 1 is 1.19 bits per heavy atom. The molecule has 1 N–H and O–H groups in total. The van der Waals surface area contributed by atoms with Gasteiger partial charge in [0.1, 0.15) is 13.2 Å². The molecule has 0 amide bonds. The quantitative estimate of drug-likeness (QED) is 0.833. The summed E-state index contributed by atoms with van der Waals surface area (Å²) in [7, 11) is -3.00. The first-order chi connectivity index (χ1) is 10.0. The van der Waals surface area contributed by atoms with Crippen molar-refractivity contribution in [2.75, 3.05) is 29.6 Å². The molecule has 0 bridgehead atoms. The van der Waals surface area contributed by atoms with Crippen LogP contribution in [-0.2, 0) is 9.84 Å². The zero-order valence-corrected chi connectivity index (χ0v) is 12.7. The van der Waals surface area contributed by atoms with Crippen LogP contribution in [0.1, 0.15) is 0 Å². The van der Waals surface area contributed by atoms with E-state index in [1.165, 1.54) is 11.8 Å². The number of thioether (sulfide) groups is 1. The second-order valence-electron chi connectivity index (χ2n) is 5.30. The first-order valence-corrected chi connectivity index (χ1v) is 9.38.